The minimum atomic E-state index is 0.741. The Balaban J connectivity index is 3.83. The Labute approximate surface area is 81.0 Å². The molecule has 0 N–H and O–H groups in total. The van der Waals surface area contributed by atoms with Gasteiger partial charge in [0.2, 0.25) is 0 Å². The Bertz CT molecular complexity index is 194. The number of allylic oxidation sites excluding steroid dienone is 2. The van der Waals surface area contributed by atoms with Crippen LogP contribution >= 0.6 is 0 Å². The van der Waals surface area contributed by atoms with Crippen molar-refractivity contribution in [2.45, 2.75) is 13.8 Å². The molecule has 0 heterocycles. The summed E-state index contributed by atoms with van der Waals surface area (Å²) in [5, 5.41) is 3.88. The van der Waals surface area contributed by atoms with Crippen LogP contribution in [0.25, 0.3) is 0 Å². The quantitative estimate of drug-likeness (QED) is 0.279. The molecule has 0 radical (unpaired) electrons. The van der Waals surface area contributed by atoms with E-state index in [1.54, 1.807) is 6.34 Å². The van der Waals surface area contributed by atoms with Gasteiger partial charge in [0.25, 0.3) is 0 Å². The third-order valence-electron chi connectivity index (χ3n) is 1.56. The normalized spacial score (nSPS) is 12.0. The summed E-state index contributed by atoms with van der Waals surface area (Å²) in [7, 11) is 3.93. The first kappa shape index (κ1) is 11.8. The standard InChI is InChI=1S/C10H19N3/c1-5-7-8-11-10-13(4)12(3)9-6-2/h5-7,9-10H,8H2,1-4H3/b7-5-,9-6-,11-10-. The van der Waals surface area contributed by atoms with Crippen molar-refractivity contribution in [1.82, 2.24) is 10.0 Å². The number of rotatable bonds is 5. The molecule has 0 aromatic carbocycles. The lowest BCUT2D eigenvalue weighted by atomic mass is 10.5. The fourth-order valence-electron chi connectivity index (χ4n) is 0.734. The van der Waals surface area contributed by atoms with E-state index in [0.717, 1.165) is 6.54 Å². The lowest BCUT2D eigenvalue weighted by molar-refractivity contribution is 0.182. The molecule has 0 spiro atoms. The fraction of sp³-hybridized carbons (Fsp3) is 0.500. The SMILES string of the molecule is C/C=C\C/N=C\N(C)N(C)/C=C\C. The molecule has 0 unspecified atom stereocenters. The molecule has 0 aromatic heterocycles. The average molecular weight is 181 g/mol. The van der Waals surface area contributed by atoms with Crippen molar-refractivity contribution < 1.29 is 0 Å². The lowest BCUT2D eigenvalue weighted by Crippen LogP contribution is -2.30. The van der Waals surface area contributed by atoms with Gasteiger partial charge in [0, 0.05) is 20.3 Å². The van der Waals surface area contributed by atoms with Crippen LogP contribution in [0, 0.1) is 0 Å². The predicted molar refractivity (Wildman–Crippen MR) is 58.5 cm³/mol. The number of aliphatic imine (C=N–C) groups is 1. The van der Waals surface area contributed by atoms with Crippen molar-refractivity contribution in [1.29, 1.82) is 0 Å². The molecule has 3 heteroatoms. The van der Waals surface area contributed by atoms with Crippen molar-refractivity contribution in [3.8, 4) is 0 Å². The molecular weight excluding hydrogens is 162 g/mol. The smallest absolute Gasteiger partial charge is 0.104 e. The molecule has 3 nitrogen and oxygen atoms in total. The highest BCUT2D eigenvalue weighted by Gasteiger charge is 1.92. The van der Waals surface area contributed by atoms with E-state index in [1.807, 2.05) is 62.4 Å². The van der Waals surface area contributed by atoms with Crippen molar-refractivity contribution >= 4 is 6.34 Å². The van der Waals surface area contributed by atoms with Gasteiger partial charge in [-0.25, -0.2) is 0 Å². The van der Waals surface area contributed by atoms with Crippen LogP contribution in [-0.2, 0) is 0 Å². The van der Waals surface area contributed by atoms with Gasteiger partial charge in [-0.15, -0.1) is 0 Å². The minimum absolute atomic E-state index is 0.741. The van der Waals surface area contributed by atoms with Crippen molar-refractivity contribution in [3.05, 3.63) is 24.4 Å². The van der Waals surface area contributed by atoms with E-state index in [0.29, 0.717) is 0 Å². The summed E-state index contributed by atoms with van der Waals surface area (Å²) in [6, 6.07) is 0. The van der Waals surface area contributed by atoms with Crippen LogP contribution in [0.5, 0.6) is 0 Å². The number of hydrogen-bond acceptors (Lipinski definition) is 2. The van der Waals surface area contributed by atoms with Gasteiger partial charge in [-0.1, -0.05) is 18.2 Å². The number of nitrogens with zero attached hydrogens (tertiary/aromatic N) is 3. The molecule has 0 aliphatic rings. The molecule has 0 bridgehead atoms. The van der Waals surface area contributed by atoms with E-state index in [2.05, 4.69) is 4.99 Å². The van der Waals surface area contributed by atoms with Crippen LogP contribution in [0.2, 0.25) is 0 Å². The molecule has 0 aliphatic carbocycles. The first-order valence-corrected chi connectivity index (χ1v) is 4.41. The lowest BCUT2D eigenvalue weighted by Gasteiger charge is -2.23. The number of hydrogen-bond donors (Lipinski definition) is 0. The summed E-state index contributed by atoms with van der Waals surface area (Å²) in [6.07, 6.45) is 9.77. The molecule has 0 amide bonds. The zero-order valence-electron chi connectivity index (χ0n) is 8.94. The first-order chi connectivity index (χ1) is 6.22. The summed E-state index contributed by atoms with van der Waals surface area (Å²) < 4.78 is 0. The van der Waals surface area contributed by atoms with Gasteiger partial charge in [0.15, 0.2) is 0 Å². The van der Waals surface area contributed by atoms with Gasteiger partial charge in [0.1, 0.15) is 6.34 Å². The summed E-state index contributed by atoms with van der Waals surface area (Å²) in [6.45, 7) is 4.72. The molecule has 74 valence electrons. The van der Waals surface area contributed by atoms with Gasteiger partial charge in [-0.3, -0.25) is 15.0 Å². The van der Waals surface area contributed by atoms with Crippen molar-refractivity contribution in [2.75, 3.05) is 20.6 Å². The molecular formula is C10H19N3. The van der Waals surface area contributed by atoms with Crippen LogP contribution in [0.15, 0.2) is 29.4 Å². The Kier molecular flexibility index (Phi) is 6.69. The fourth-order valence-corrected chi connectivity index (χ4v) is 0.734. The van der Waals surface area contributed by atoms with Gasteiger partial charge >= 0.3 is 0 Å². The highest BCUT2D eigenvalue weighted by Crippen LogP contribution is 1.88. The molecule has 0 fully saturated rings. The van der Waals surface area contributed by atoms with Crippen LogP contribution in [0.1, 0.15) is 13.8 Å². The van der Waals surface area contributed by atoms with Gasteiger partial charge in [0.05, 0.1) is 6.54 Å². The Morgan fingerprint density at radius 3 is 2.31 bits per heavy atom. The maximum Gasteiger partial charge on any atom is 0.104 e. The van der Waals surface area contributed by atoms with E-state index in [1.165, 1.54) is 0 Å². The molecule has 0 saturated carbocycles. The zero-order valence-corrected chi connectivity index (χ0v) is 8.94. The Morgan fingerprint density at radius 2 is 1.77 bits per heavy atom. The second-order valence-corrected chi connectivity index (χ2v) is 2.68. The second-order valence-electron chi connectivity index (χ2n) is 2.68. The minimum Gasteiger partial charge on any atom is -0.295 e. The number of hydrazine groups is 1. The van der Waals surface area contributed by atoms with E-state index in [9.17, 15) is 0 Å². The van der Waals surface area contributed by atoms with E-state index in [-0.39, 0.29) is 0 Å². The molecule has 13 heavy (non-hydrogen) atoms. The van der Waals surface area contributed by atoms with Gasteiger partial charge < -0.3 is 0 Å². The van der Waals surface area contributed by atoms with Crippen molar-refractivity contribution in [2.24, 2.45) is 4.99 Å². The topological polar surface area (TPSA) is 18.8 Å². The largest absolute Gasteiger partial charge is 0.295 e. The Morgan fingerprint density at radius 1 is 1.08 bits per heavy atom. The van der Waals surface area contributed by atoms with Crippen LogP contribution in [-0.4, -0.2) is 37.0 Å². The summed E-state index contributed by atoms with van der Waals surface area (Å²) in [5.74, 6) is 0. The highest BCUT2D eigenvalue weighted by molar-refractivity contribution is 5.53. The van der Waals surface area contributed by atoms with Crippen molar-refractivity contribution in [3.63, 3.8) is 0 Å². The van der Waals surface area contributed by atoms with Gasteiger partial charge in [-0.05, 0) is 13.8 Å². The zero-order chi connectivity index (χ0) is 10.1. The maximum absolute atomic E-state index is 4.20. The van der Waals surface area contributed by atoms with Gasteiger partial charge in [-0.2, -0.15) is 0 Å². The van der Waals surface area contributed by atoms with Crippen LogP contribution < -0.4 is 0 Å². The summed E-state index contributed by atoms with van der Waals surface area (Å²) in [4.78, 5) is 4.20. The molecule has 0 aromatic rings. The highest BCUT2D eigenvalue weighted by atomic mass is 15.6. The van der Waals surface area contributed by atoms with E-state index in [4.69, 9.17) is 0 Å². The molecule has 0 atom stereocenters. The monoisotopic (exact) mass is 181 g/mol. The third kappa shape index (κ3) is 5.96. The molecule has 0 rings (SSSR count). The maximum atomic E-state index is 4.20. The summed E-state index contributed by atoms with van der Waals surface area (Å²) in [5.41, 5.74) is 0. The molecule has 0 saturated heterocycles. The predicted octanol–water partition coefficient (Wildman–Crippen LogP) is 1.90. The Hall–Kier alpha value is -1.25. The van der Waals surface area contributed by atoms with E-state index >= 15 is 0 Å². The third-order valence-corrected chi connectivity index (χ3v) is 1.56. The first-order valence-electron chi connectivity index (χ1n) is 4.41. The average Bonchev–Trinajstić information content (AvgIpc) is 2.12. The van der Waals surface area contributed by atoms with Crippen LogP contribution in [0.4, 0.5) is 0 Å². The van der Waals surface area contributed by atoms with Crippen LogP contribution in [0.3, 0.4) is 0 Å². The van der Waals surface area contributed by atoms with E-state index < -0.39 is 0 Å². The second kappa shape index (κ2) is 7.40. The summed E-state index contributed by atoms with van der Waals surface area (Å²) >= 11 is 0. The molecule has 0 aliphatic heterocycles.